The quantitative estimate of drug-likeness (QED) is 0.155. The van der Waals surface area contributed by atoms with Gasteiger partial charge in [-0.25, -0.2) is 4.39 Å². The number of nitrogens with zero attached hydrogens (tertiary/aromatic N) is 2. The van der Waals surface area contributed by atoms with Crippen LogP contribution in [0.3, 0.4) is 0 Å². The highest BCUT2D eigenvalue weighted by Crippen LogP contribution is 2.42. The molecule has 0 spiro atoms. The molecule has 11 aromatic rings. The van der Waals surface area contributed by atoms with Crippen molar-refractivity contribution in [3.8, 4) is 27.9 Å². The Kier molecular flexibility index (Phi) is 7.71. The average molecular weight is 731 g/mol. The first-order valence-corrected chi connectivity index (χ1v) is 19.4. The molecule has 0 unspecified atom stereocenters. The standard InChI is InChI=1S/C54H35FN2/c55-40-25-18-36(19-26-40)37-20-27-42(28-21-37)56(44-31-32-49-47-14-5-4-12-45(47)46-13-6-7-15-48(46)51(49)35-44)43-29-22-38(23-30-43)39-24-33-54-52(34-39)50-16-8-9-17-53(50)57(54)41-10-2-1-3-11-41/h1-35H. The first-order valence-electron chi connectivity index (χ1n) is 19.4. The molecule has 0 aliphatic carbocycles. The van der Waals surface area contributed by atoms with E-state index in [0.717, 1.165) is 39.4 Å². The molecule has 0 radical (unpaired) electrons. The van der Waals surface area contributed by atoms with E-state index in [1.807, 2.05) is 12.1 Å². The smallest absolute Gasteiger partial charge is 0.123 e. The molecule has 1 aromatic heterocycles. The number of hydrogen-bond donors (Lipinski definition) is 0. The van der Waals surface area contributed by atoms with Crippen molar-refractivity contribution >= 4 is 71.2 Å². The molecule has 0 amide bonds. The summed E-state index contributed by atoms with van der Waals surface area (Å²) in [4.78, 5) is 2.33. The van der Waals surface area contributed by atoms with Crippen LogP contribution in [0.2, 0.25) is 0 Å². The van der Waals surface area contributed by atoms with E-state index in [1.54, 1.807) is 0 Å². The summed E-state index contributed by atoms with van der Waals surface area (Å²) in [5, 5.41) is 9.92. The van der Waals surface area contributed by atoms with Crippen LogP contribution in [0.15, 0.2) is 212 Å². The number of anilines is 3. The van der Waals surface area contributed by atoms with Gasteiger partial charge in [0.15, 0.2) is 0 Å². The van der Waals surface area contributed by atoms with E-state index in [-0.39, 0.29) is 5.82 Å². The second-order valence-corrected chi connectivity index (χ2v) is 14.7. The predicted octanol–water partition coefficient (Wildman–Crippen LogP) is 15.2. The van der Waals surface area contributed by atoms with Crippen molar-refractivity contribution < 1.29 is 4.39 Å². The highest BCUT2D eigenvalue weighted by atomic mass is 19.1. The second-order valence-electron chi connectivity index (χ2n) is 14.7. The maximum atomic E-state index is 13.8. The fourth-order valence-corrected chi connectivity index (χ4v) is 8.74. The molecule has 0 aliphatic rings. The topological polar surface area (TPSA) is 8.17 Å². The monoisotopic (exact) mass is 730 g/mol. The molecule has 0 aliphatic heterocycles. The van der Waals surface area contributed by atoms with Gasteiger partial charge in [0.1, 0.15) is 5.82 Å². The number of rotatable bonds is 6. The zero-order chi connectivity index (χ0) is 37.9. The third-order valence-corrected chi connectivity index (χ3v) is 11.4. The van der Waals surface area contributed by atoms with Gasteiger partial charge in [-0.15, -0.1) is 0 Å². The van der Waals surface area contributed by atoms with Crippen molar-refractivity contribution in [1.82, 2.24) is 4.57 Å². The predicted molar refractivity (Wildman–Crippen MR) is 239 cm³/mol. The number of benzene rings is 10. The minimum absolute atomic E-state index is 0.236. The van der Waals surface area contributed by atoms with Crippen LogP contribution in [0, 0.1) is 5.82 Å². The van der Waals surface area contributed by atoms with Crippen molar-refractivity contribution in [3.63, 3.8) is 0 Å². The molecule has 0 atom stereocenters. The summed E-state index contributed by atoms with van der Waals surface area (Å²) in [5.74, 6) is -0.236. The van der Waals surface area contributed by atoms with Crippen LogP contribution in [0.4, 0.5) is 21.5 Å². The van der Waals surface area contributed by atoms with E-state index in [9.17, 15) is 4.39 Å². The van der Waals surface area contributed by atoms with E-state index in [2.05, 4.69) is 198 Å². The molecule has 11 rings (SSSR count). The lowest BCUT2D eigenvalue weighted by Gasteiger charge is -2.26. The lowest BCUT2D eigenvalue weighted by molar-refractivity contribution is 0.628. The van der Waals surface area contributed by atoms with Crippen LogP contribution in [-0.4, -0.2) is 4.57 Å². The fourth-order valence-electron chi connectivity index (χ4n) is 8.74. The Morgan fingerprint density at radius 1 is 0.298 bits per heavy atom. The Labute approximate surface area is 329 Å². The summed E-state index contributed by atoms with van der Waals surface area (Å²) in [6, 6.07) is 74.5. The fraction of sp³-hybridized carbons (Fsp3) is 0. The molecular weight excluding hydrogens is 696 g/mol. The Morgan fingerprint density at radius 2 is 0.737 bits per heavy atom. The van der Waals surface area contributed by atoms with E-state index in [1.165, 1.54) is 71.8 Å². The van der Waals surface area contributed by atoms with Crippen molar-refractivity contribution in [3.05, 3.63) is 218 Å². The highest BCUT2D eigenvalue weighted by Gasteiger charge is 2.17. The molecule has 0 fully saturated rings. The number of hydrogen-bond acceptors (Lipinski definition) is 1. The number of fused-ring (bicyclic) bond motifs is 9. The molecule has 0 N–H and O–H groups in total. The van der Waals surface area contributed by atoms with Gasteiger partial charge in [0.2, 0.25) is 0 Å². The Morgan fingerprint density at radius 3 is 1.35 bits per heavy atom. The largest absolute Gasteiger partial charge is 0.310 e. The maximum absolute atomic E-state index is 13.8. The Balaban J connectivity index is 1.04. The summed E-state index contributed by atoms with van der Waals surface area (Å²) in [5.41, 5.74) is 11.0. The first kappa shape index (κ1) is 32.9. The Hall–Kier alpha value is -7.49. The van der Waals surface area contributed by atoms with Crippen molar-refractivity contribution in [2.45, 2.75) is 0 Å². The van der Waals surface area contributed by atoms with Gasteiger partial charge in [-0.05, 0) is 133 Å². The summed E-state index contributed by atoms with van der Waals surface area (Å²) in [7, 11) is 0. The Bertz CT molecular complexity index is 3240. The molecule has 3 heteroatoms. The molecule has 0 saturated carbocycles. The highest BCUT2D eigenvalue weighted by molar-refractivity contribution is 6.25. The van der Waals surface area contributed by atoms with Gasteiger partial charge in [0, 0.05) is 33.5 Å². The molecule has 2 nitrogen and oxygen atoms in total. The molecule has 268 valence electrons. The SMILES string of the molecule is Fc1ccc(-c2ccc(N(c3ccc(-c4ccc5c(c4)c4ccccc4n5-c4ccccc4)cc3)c3ccc4c5ccccc5c5ccccc5c4c3)cc2)cc1. The van der Waals surface area contributed by atoms with Gasteiger partial charge < -0.3 is 9.47 Å². The van der Waals surface area contributed by atoms with Crippen LogP contribution in [0.5, 0.6) is 0 Å². The molecule has 1 heterocycles. The molecule has 10 aromatic carbocycles. The summed E-state index contributed by atoms with van der Waals surface area (Å²) < 4.78 is 16.1. The van der Waals surface area contributed by atoms with Gasteiger partial charge in [-0.1, -0.05) is 133 Å². The molecule has 0 saturated heterocycles. The second kappa shape index (κ2) is 13.4. The van der Waals surface area contributed by atoms with Crippen LogP contribution in [-0.2, 0) is 0 Å². The van der Waals surface area contributed by atoms with E-state index in [4.69, 9.17) is 0 Å². The van der Waals surface area contributed by atoms with Crippen molar-refractivity contribution in [1.29, 1.82) is 0 Å². The minimum atomic E-state index is -0.236. The summed E-state index contributed by atoms with van der Waals surface area (Å²) >= 11 is 0. The third-order valence-electron chi connectivity index (χ3n) is 11.4. The van der Waals surface area contributed by atoms with Gasteiger partial charge in [0.05, 0.1) is 11.0 Å². The molecule has 57 heavy (non-hydrogen) atoms. The first-order chi connectivity index (χ1) is 28.2. The van der Waals surface area contributed by atoms with Gasteiger partial charge in [-0.3, -0.25) is 0 Å². The summed E-state index contributed by atoms with van der Waals surface area (Å²) in [6.45, 7) is 0. The normalized spacial score (nSPS) is 11.6. The minimum Gasteiger partial charge on any atom is -0.310 e. The van der Waals surface area contributed by atoms with E-state index < -0.39 is 0 Å². The van der Waals surface area contributed by atoms with E-state index >= 15 is 0 Å². The van der Waals surface area contributed by atoms with Crippen LogP contribution in [0.25, 0.3) is 82.1 Å². The van der Waals surface area contributed by atoms with Crippen LogP contribution < -0.4 is 4.90 Å². The van der Waals surface area contributed by atoms with Crippen LogP contribution in [0.1, 0.15) is 0 Å². The number of para-hydroxylation sites is 2. The lowest BCUT2D eigenvalue weighted by Crippen LogP contribution is -2.10. The van der Waals surface area contributed by atoms with Gasteiger partial charge >= 0.3 is 0 Å². The van der Waals surface area contributed by atoms with E-state index in [0.29, 0.717) is 0 Å². The summed E-state index contributed by atoms with van der Waals surface area (Å²) in [6.07, 6.45) is 0. The lowest BCUT2D eigenvalue weighted by atomic mass is 9.94. The van der Waals surface area contributed by atoms with Gasteiger partial charge in [0.25, 0.3) is 0 Å². The molecular formula is C54H35FN2. The van der Waals surface area contributed by atoms with Gasteiger partial charge in [-0.2, -0.15) is 0 Å². The zero-order valence-electron chi connectivity index (χ0n) is 31.0. The maximum Gasteiger partial charge on any atom is 0.123 e. The number of aromatic nitrogens is 1. The third kappa shape index (κ3) is 5.55. The number of halogens is 1. The zero-order valence-corrected chi connectivity index (χ0v) is 31.0. The van der Waals surface area contributed by atoms with Crippen molar-refractivity contribution in [2.24, 2.45) is 0 Å². The van der Waals surface area contributed by atoms with Crippen LogP contribution >= 0.6 is 0 Å². The average Bonchev–Trinajstić information content (AvgIpc) is 3.61. The van der Waals surface area contributed by atoms with Crippen molar-refractivity contribution in [2.75, 3.05) is 4.90 Å². The molecule has 0 bridgehead atoms.